The minimum atomic E-state index is -1.41. The van der Waals surface area contributed by atoms with Gasteiger partial charge in [-0.15, -0.1) is 13.1 Å². The fourth-order valence-electron chi connectivity index (χ4n) is 4.03. The molecule has 0 aliphatic carbocycles. The fourth-order valence-corrected chi connectivity index (χ4v) is 4.03. The van der Waals surface area contributed by atoms with Gasteiger partial charge in [-0.3, -0.25) is 0 Å². The van der Waals surface area contributed by atoms with E-state index in [1.807, 2.05) is 18.2 Å². The molecule has 0 aromatic heterocycles. The van der Waals surface area contributed by atoms with Gasteiger partial charge in [0, 0.05) is 34.1 Å². The monoisotopic (exact) mass is 555 g/mol. The maximum Gasteiger partial charge on any atom is 0.238 e. The zero-order valence-electron chi connectivity index (χ0n) is 17.3. The van der Waals surface area contributed by atoms with Crippen molar-refractivity contribution in [2.75, 3.05) is 13.1 Å². The van der Waals surface area contributed by atoms with Gasteiger partial charge in [0.05, 0.1) is 0 Å². The molecule has 150 valence electrons. The van der Waals surface area contributed by atoms with Crippen LogP contribution in [0.2, 0.25) is 0 Å². The number of hydrogen-bond acceptors (Lipinski definition) is 3. The number of nitrogens with zero attached hydrogens (tertiary/aromatic N) is 1. The Kier molecular flexibility index (Phi) is 5.93. The maximum absolute atomic E-state index is 13.4. The molecule has 0 amide bonds. The largest absolute Gasteiger partial charge is 0.662 e. The van der Waals surface area contributed by atoms with Gasteiger partial charge in [-0.1, -0.05) is 18.6 Å². The van der Waals surface area contributed by atoms with Crippen LogP contribution in [0.5, 0.6) is 17.2 Å². The first kappa shape index (κ1) is 19.7. The molecule has 4 nitrogen and oxygen atoms in total. The van der Waals surface area contributed by atoms with Crippen molar-refractivity contribution in [1.82, 2.24) is 0 Å². The Morgan fingerprint density at radius 3 is 2.61 bits per heavy atom. The molecular formula is C22H25FNO3W-. The second kappa shape index (κ2) is 8.42. The first-order valence-corrected chi connectivity index (χ1v) is 9.33. The standard InChI is InChI=1S/C22H25FNO3.W/c1-14-25-20-9-8-17(12-21(20)26-14)27-22(2,3)19-13-24-11-10-18(19)15-4-6-16(23)7-5-15;/h4-9,12,14,18-19H,10-11,13H2,1-3H3;/q-1;/t14?,18-,19+;/m0./s1/i14D;. The molecule has 0 bridgehead atoms. The molecule has 28 heavy (non-hydrogen) atoms. The van der Waals surface area contributed by atoms with E-state index in [1.54, 1.807) is 19.1 Å². The van der Waals surface area contributed by atoms with Gasteiger partial charge in [0.1, 0.15) is 18.5 Å². The van der Waals surface area contributed by atoms with Crippen molar-refractivity contribution in [2.45, 2.75) is 45.0 Å². The van der Waals surface area contributed by atoms with E-state index in [1.165, 1.54) is 12.1 Å². The molecule has 0 saturated carbocycles. The smallest absolute Gasteiger partial charge is 0.238 e. The van der Waals surface area contributed by atoms with Crippen LogP contribution >= 0.6 is 0 Å². The van der Waals surface area contributed by atoms with Gasteiger partial charge in [-0.25, -0.2) is 4.39 Å². The zero-order chi connectivity index (χ0) is 19.9. The van der Waals surface area contributed by atoms with Crippen LogP contribution in [0.3, 0.4) is 0 Å². The van der Waals surface area contributed by atoms with Gasteiger partial charge >= 0.3 is 0 Å². The minimum absolute atomic E-state index is 0. The predicted molar refractivity (Wildman–Crippen MR) is 102 cm³/mol. The average molecular weight is 555 g/mol. The molecular weight excluding hydrogens is 529 g/mol. The molecule has 2 aromatic carbocycles. The predicted octanol–water partition coefficient (Wildman–Crippen LogP) is 5.28. The Bertz CT molecular complexity index is 860. The van der Waals surface area contributed by atoms with Gasteiger partial charge in [0.2, 0.25) is 6.27 Å². The van der Waals surface area contributed by atoms with Crippen LogP contribution in [-0.4, -0.2) is 25.0 Å². The van der Waals surface area contributed by atoms with Crippen LogP contribution in [-0.2, 0) is 21.1 Å². The van der Waals surface area contributed by atoms with Crippen LogP contribution < -0.4 is 14.2 Å². The van der Waals surface area contributed by atoms with Crippen molar-refractivity contribution in [1.29, 1.82) is 0 Å². The van der Waals surface area contributed by atoms with Crippen molar-refractivity contribution in [3.63, 3.8) is 0 Å². The third kappa shape index (κ3) is 4.36. The molecule has 0 N–H and O–H groups in total. The first-order valence-electron chi connectivity index (χ1n) is 9.83. The third-order valence-electron chi connectivity index (χ3n) is 5.40. The molecule has 2 aromatic rings. The molecule has 2 aliphatic heterocycles. The van der Waals surface area contributed by atoms with E-state index in [0.29, 0.717) is 23.8 Å². The van der Waals surface area contributed by atoms with E-state index >= 15 is 0 Å². The Hall–Kier alpha value is -1.58. The van der Waals surface area contributed by atoms with Crippen LogP contribution in [0.4, 0.5) is 4.39 Å². The Balaban J connectivity index is 0.00000240. The molecule has 6 heteroatoms. The topological polar surface area (TPSA) is 41.8 Å². The van der Waals surface area contributed by atoms with Crippen LogP contribution in [0.1, 0.15) is 40.0 Å². The molecule has 1 unspecified atom stereocenters. The van der Waals surface area contributed by atoms with Gasteiger partial charge < -0.3 is 19.5 Å². The van der Waals surface area contributed by atoms with Crippen molar-refractivity contribution in [3.8, 4) is 17.2 Å². The van der Waals surface area contributed by atoms with Crippen molar-refractivity contribution in [2.24, 2.45) is 5.92 Å². The molecule has 4 rings (SSSR count). The van der Waals surface area contributed by atoms with Gasteiger partial charge in [0.15, 0.2) is 11.5 Å². The Morgan fingerprint density at radius 2 is 1.86 bits per heavy atom. The van der Waals surface area contributed by atoms with Crippen LogP contribution in [0.15, 0.2) is 42.5 Å². The summed E-state index contributed by atoms with van der Waals surface area (Å²) in [5, 5.41) is 4.61. The fraction of sp³-hybridized carbons (Fsp3) is 0.455. The van der Waals surface area contributed by atoms with Crippen molar-refractivity contribution < 1.29 is 41.0 Å². The van der Waals surface area contributed by atoms with E-state index in [4.69, 9.17) is 15.6 Å². The number of hydrogen-bond donors (Lipinski definition) is 0. The zero-order valence-corrected chi connectivity index (χ0v) is 19.2. The quantitative estimate of drug-likeness (QED) is 0.516. The summed E-state index contributed by atoms with van der Waals surface area (Å²) in [6.07, 6.45) is -0.492. The molecule has 3 atom stereocenters. The molecule has 0 radical (unpaired) electrons. The first-order chi connectivity index (χ1) is 13.2. The summed E-state index contributed by atoms with van der Waals surface area (Å²) >= 11 is 0. The van der Waals surface area contributed by atoms with Crippen molar-refractivity contribution >= 4 is 0 Å². The minimum Gasteiger partial charge on any atom is -0.662 e. The summed E-state index contributed by atoms with van der Waals surface area (Å²) < 4.78 is 38.6. The van der Waals surface area contributed by atoms with Crippen molar-refractivity contribution in [3.05, 3.63) is 59.2 Å². The molecule has 2 aliphatic rings. The number of halogens is 1. The molecule has 0 spiro atoms. The van der Waals surface area contributed by atoms with Gasteiger partial charge in [-0.2, -0.15) is 0 Å². The summed E-state index contributed by atoms with van der Waals surface area (Å²) in [5.74, 6) is 1.89. The SMILES string of the molecule is [2H]C1(C)Oc2ccc(OC(C)(C)[C@@H]3C[N-]CC[C@H]3c3ccc(F)cc3)cc2O1.[W]. The number of piperidine rings is 1. The number of rotatable bonds is 4. The van der Waals surface area contributed by atoms with Crippen LogP contribution in [0, 0.1) is 11.7 Å². The second-order valence-electron chi connectivity index (χ2n) is 7.69. The van der Waals surface area contributed by atoms with E-state index in [2.05, 4.69) is 19.2 Å². The Labute approximate surface area is 181 Å². The summed E-state index contributed by atoms with van der Waals surface area (Å²) in [6, 6.07) is 12.1. The summed E-state index contributed by atoms with van der Waals surface area (Å²) in [5.41, 5.74) is 0.620. The summed E-state index contributed by atoms with van der Waals surface area (Å²) in [6.45, 7) is 7.18. The Morgan fingerprint density at radius 1 is 1.14 bits per heavy atom. The second-order valence-corrected chi connectivity index (χ2v) is 7.69. The molecule has 1 fully saturated rings. The van der Waals surface area contributed by atoms with E-state index in [-0.39, 0.29) is 38.7 Å². The van der Waals surface area contributed by atoms with E-state index < -0.39 is 11.9 Å². The number of ether oxygens (including phenoxy) is 3. The number of benzene rings is 2. The molecule has 1 saturated heterocycles. The maximum atomic E-state index is 13.4. The normalized spacial score (nSPS) is 26.9. The number of fused-ring (bicyclic) bond motifs is 1. The summed E-state index contributed by atoms with van der Waals surface area (Å²) in [7, 11) is 0. The van der Waals surface area contributed by atoms with E-state index in [0.717, 1.165) is 18.5 Å². The van der Waals surface area contributed by atoms with Gasteiger partial charge in [0.25, 0.3) is 0 Å². The van der Waals surface area contributed by atoms with Gasteiger partial charge in [-0.05, 0) is 55.5 Å². The third-order valence-corrected chi connectivity index (χ3v) is 5.40. The van der Waals surface area contributed by atoms with E-state index in [9.17, 15) is 4.39 Å². The molecule has 2 heterocycles. The average Bonchev–Trinajstić information content (AvgIpc) is 2.95. The summed E-state index contributed by atoms with van der Waals surface area (Å²) in [4.78, 5) is 0. The van der Waals surface area contributed by atoms with Crippen LogP contribution in [0.25, 0.3) is 5.32 Å².